The molecule has 0 unspecified atom stereocenters. The molecule has 0 aliphatic rings. The number of ketones is 1. The Kier molecular flexibility index (Phi) is 4.57. The highest BCUT2D eigenvalue weighted by molar-refractivity contribution is 9.10. The van der Waals surface area contributed by atoms with E-state index in [9.17, 15) is 9.59 Å². The lowest BCUT2D eigenvalue weighted by Gasteiger charge is -2.09. The van der Waals surface area contributed by atoms with Crippen molar-refractivity contribution in [2.24, 2.45) is 5.92 Å². The molecule has 2 aromatic rings. The van der Waals surface area contributed by atoms with E-state index in [-0.39, 0.29) is 24.1 Å². The Hall–Kier alpha value is -2.09. The first-order chi connectivity index (χ1) is 9.56. The normalized spacial score (nSPS) is 11.9. The van der Waals surface area contributed by atoms with Crippen molar-refractivity contribution in [2.45, 2.75) is 13.3 Å². The first-order valence-corrected chi connectivity index (χ1v) is 6.68. The van der Waals surface area contributed by atoms with Crippen molar-refractivity contribution in [3.05, 3.63) is 34.3 Å². The fraction of sp³-hybridized carbons (Fsp3) is 0.250. The standard InChI is InChI=1S/C12H12BrN5O2/c1-7(11(20)14-12-15-17-18-16-12)5-10(19)8-3-2-4-9(13)6-8/h2-4,6-7H,5H2,1H3,(H2,14,15,16,17,18,20)/t7-/m1/s1. The van der Waals surface area contributed by atoms with E-state index in [0.717, 1.165) is 4.47 Å². The first kappa shape index (κ1) is 14.3. The molecular weight excluding hydrogens is 326 g/mol. The molecule has 0 fully saturated rings. The first-order valence-electron chi connectivity index (χ1n) is 5.89. The third kappa shape index (κ3) is 3.70. The van der Waals surface area contributed by atoms with E-state index in [2.05, 4.69) is 41.9 Å². The predicted octanol–water partition coefficient (Wildman–Crippen LogP) is 1.81. The molecule has 104 valence electrons. The third-order valence-corrected chi connectivity index (χ3v) is 3.16. The number of aromatic nitrogens is 4. The number of benzene rings is 1. The van der Waals surface area contributed by atoms with Crippen LogP contribution in [0.5, 0.6) is 0 Å². The second-order valence-electron chi connectivity index (χ2n) is 4.26. The molecule has 0 radical (unpaired) electrons. The van der Waals surface area contributed by atoms with Crippen LogP contribution in [-0.2, 0) is 4.79 Å². The number of nitrogens with one attached hydrogen (secondary N) is 2. The molecule has 1 aromatic heterocycles. The molecule has 0 aliphatic heterocycles. The summed E-state index contributed by atoms with van der Waals surface area (Å²) < 4.78 is 0.826. The molecule has 2 N–H and O–H groups in total. The number of anilines is 1. The maximum Gasteiger partial charge on any atom is 0.269 e. The van der Waals surface area contributed by atoms with Gasteiger partial charge in [0, 0.05) is 22.4 Å². The van der Waals surface area contributed by atoms with Gasteiger partial charge in [0.25, 0.3) is 5.95 Å². The summed E-state index contributed by atoms with van der Waals surface area (Å²) in [7, 11) is 0. The Labute approximate surface area is 123 Å². The lowest BCUT2D eigenvalue weighted by atomic mass is 9.99. The van der Waals surface area contributed by atoms with Crippen LogP contribution in [0.4, 0.5) is 5.95 Å². The summed E-state index contributed by atoms with van der Waals surface area (Å²) in [5.74, 6) is -0.812. The van der Waals surface area contributed by atoms with Gasteiger partial charge in [-0.25, -0.2) is 0 Å². The van der Waals surface area contributed by atoms with Crippen LogP contribution in [0.15, 0.2) is 28.7 Å². The zero-order valence-electron chi connectivity index (χ0n) is 10.6. The summed E-state index contributed by atoms with van der Waals surface area (Å²) >= 11 is 3.31. The van der Waals surface area contributed by atoms with Crippen molar-refractivity contribution in [1.29, 1.82) is 0 Å². The second-order valence-corrected chi connectivity index (χ2v) is 5.18. The number of aromatic amines is 1. The summed E-state index contributed by atoms with van der Waals surface area (Å²) in [5.41, 5.74) is 0.568. The number of H-pyrrole nitrogens is 1. The predicted molar refractivity (Wildman–Crippen MR) is 75.1 cm³/mol. The molecule has 1 aromatic carbocycles. The molecule has 1 heterocycles. The number of hydrogen-bond acceptors (Lipinski definition) is 5. The van der Waals surface area contributed by atoms with E-state index < -0.39 is 5.92 Å². The number of carbonyl (C=O) groups is 2. The number of nitrogens with zero attached hydrogens (tertiary/aromatic N) is 3. The van der Waals surface area contributed by atoms with Crippen molar-refractivity contribution in [3.8, 4) is 0 Å². The fourth-order valence-electron chi connectivity index (χ4n) is 1.60. The third-order valence-electron chi connectivity index (χ3n) is 2.67. The minimum atomic E-state index is -0.486. The molecule has 0 spiro atoms. The zero-order chi connectivity index (χ0) is 14.5. The van der Waals surface area contributed by atoms with Crippen LogP contribution < -0.4 is 5.32 Å². The fourth-order valence-corrected chi connectivity index (χ4v) is 2.00. The average Bonchev–Trinajstić information content (AvgIpc) is 2.91. The molecule has 0 bridgehead atoms. The van der Waals surface area contributed by atoms with Gasteiger partial charge in [0.1, 0.15) is 0 Å². The second kappa shape index (κ2) is 6.38. The van der Waals surface area contributed by atoms with Gasteiger partial charge in [-0.05, 0) is 17.3 Å². The molecular formula is C12H12BrN5O2. The van der Waals surface area contributed by atoms with Crippen molar-refractivity contribution in [3.63, 3.8) is 0 Å². The molecule has 20 heavy (non-hydrogen) atoms. The summed E-state index contributed by atoms with van der Waals surface area (Å²) in [6, 6.07) is 7.06. The lowest BCUT2D eigenvalue weighted by Crippen LogP contribution is -2.23. The molecule has 8 heteroatoms. The topological polar surface area (TPSA) is 101 Å². The van der Waals surface area contributed by atoms with E-state index in [0.29, 0.717) is 5.56 Å². The maximum atomic E-state index is 12.1. The number of halogens is 1. The summed E-state index contributed by atoms with van der Waals surface area (Å²) in [4.78, 5) is 23.9. The van der Waals surface area contributed by atoms with E-state index in [1.807, 2.05) is 6.07 Å². The smallest absolute Gasteiger partial charge is 0.269 e. The van der Waals surface area contributed by atoms with Crippen LogP contribution in [0.3, 0.4) is 0 Å². The number of amides is 1. The Morgan fingerprint density at radius 3 is 2.90 bits per heavy atom. The van der Waals surface area contributed by atoms with Gasteiger partial charge in [-0.1, -0.05) is 40.1 Å². The highest BCUT2D eigenvalue weighted by Crippen LogP contribution is 2.16. The maximum absolute atomic E-state index is 12.1. The number of carbonyl (C=O) groups excluding carboxylic acids is 2. The van der Waals surface area contributed by atoms with Gasteiger partial charge in [0.2, 0.25) is 5.91 Å². The van der Waals surface area contributed by atoms with Crippen LogP contribution in [0, 0.1) is 5.92 Å². The molecule has 1 amide bonds. The monoisotopic (exact) mass is 337 g/mol. The van der Waals surface area contributed by atoms with E-state index in [1.165, 1.54) is 0 Å². The van der Waals surface area contributed by atoms with E-state index in [4.69, 9.17) is 0 Å². The quantitative estimate of drug-likeness (QED) is 0.810. The highest BCUT2D eigenvalue weighted by Gasteiger charge is 2.19. The van der Waals surface area contributed by atoms with Gasteiger partial charge in [-0.2, -0.15) is 5.21 Å². The van der Waals surface area contributed by atoms with Crippen LogP contribution in [-0.4, -0.2) is 32.3 Å². The number of hydrogen-bond donors (Lipinski definition) is 2. The molecule has 2 rings (SSSR count). The molecule has 7 nitrogen and oxygen atoms in total. The minimum absolute atomic E-state index is 0.0942. The summed E-state index contributed by atoms with van der Waals surface area (Å²) in [6.45, 7) is 1.67. The SMILES string of the molecule is C[C@H](CC(=O)c1cccc(Br)c1)C(=O)Nc1nn[nH]n1. The minimum Gasteiger partial charge on any atom is -0.294 e. The highest BCUT2D eigenvalue weighted by atomic mass is 79.9. The Balaban J connectivity index is 1.95. The van der Waals surface area contributed by atoms with Crippen molar-refractivity contribution in [1.82, 2.24) is 20.6 Å². The number of tetrazole rings is 1. The van der Waals surface area contributed by atoms with Gasteiger partial charge in [0.05, 0.1) is 0 Å². The van der Waals surface area contributed by atoms with Gasteiger partial charge in [0.15, 0.2) is 5.78 Å². The molecule has 0 saturated heterocycles. The molecule has 0 saturated carbocycles. The van der Waals surface area contributed by atoms with Gasteiger partial charge in [-0.3, -0.25) is 14.9 Å². The summed E-state index contributed by atoms with van der Waals surface area (Å²) in [6.07, 6.45) is 0.111. The molecule has 0 aliphatic carbocycles. The number of rotatable bonds is 5. The van der Waals surface area contributed by atoms with Crippen molar-refractivity contribution >= 4 is 33.6 Å². The Morgan fingerprint density at radius 1 is 1.45 bits per heavy atom. The average molecular weight is 338 g/mol. The zero-order valence-corrected chi connectivity index (χ0v) is 12.2. The van der Waals surface area contributed by atoms with Crippen LogP contribution >= 0.6 is 15.9 Å². The largest absolute Gasteiger partial charge is 0.294 e. The van der Waals surface area contributed by atoms with E-state index >= 15 is 0 Å². The number of Topliss-reactive ketones (excluding diaryl/α,β-unsaturated/α-hetero) is 1. The van der Waals surface area contributed by atoms with Crippen LogP contribution in [0.2, 0.25) is 0 Å². The Morgan fingerprint density at radius 2 is 2.25 bits per heavy atom. The van der Waals surface area contributed by atoms with Gasteiger partial charge in [-0.15, -0.1) is 5.10 Å². The van der Waals surface area contributed by atoms with Crippen molar-refractivity contribution in [2.75, 3.05) is 5.32 Å². The van der Waals surface area contributed by atoms with E-state index in [1.54, 1.807) is 25.1 Å². The van der Waals surface area contributed by atoms with Gasteiger partial charge < -0.3 is 0 Å². The van der Waals surface area contributed by atoms with Crippen LogP contribution in [0.1, 0.15) is 23.7 Å². The van der Waals surface area contributed by atoms with Crippen LogP contribution in [0.25, 0.3) is 0 Å². The Bertz CT molecular complexity index is 614. The lowest BCUT2D eigenvalue weighted by molar-refractivity contribution is -0.119. The van der Waals surface area contributed by atoms with Gasteiger partial charge >= 0.3 is 0 Å². The summed E-state index contributed by atoms with van der Waals surface area (Å²) in [5, 5.41) is 15.3. The molecule has 1 atom stereocenters. The van der Waals surface area contributed by atoms with Crippen molar-refractivity contribution < 1.29 is 9.59 Å².